The molecule has 112 valence electrons. The molecule has 1 saturated heterocycles. The summed E-state index contributed by atoms with van der Waals surface area (Å²) >= 11 is 0. The summed E-state index contributed by atoms with van der Waals surface area (Å²) in [6.45, 7) is 5.63. The Hall–Kier alpha value is -1.36. The maximum atomic E-state index is 12.6. The minimum absolute atomic E-state index is 0.00887. The molecular weight excluding hydrogens is 254 g/mol. The monoisotopic (exact) mass is 279 g/mol. The summed E-state index contributed by atoms with van der Waals surface area (Å²) in [4.78, 5) is 14.4. The number of carbonyl (C=O) groups is 1. The normalized spacial score (nSPS) is 23.1. The van der Waals surface area contributed by atoms with Crippen LogP contribution in [0.5, 0.6) is 0 Å². The molecule has 0 spiro atoms. The fourth-order valence-electron chi connectivity index (χ4n) is 2.91. The Morgan fingerprint density at radius 3 is 2.95 bits per heavy atom. The van der Waals surface area contributed by atoms with Gasteiger partial charge in [-0.25, -0.2) is 0 Å². The first kappa shape index (κ1) is 15.0. The van der Waals surface area contributed by atoms with Gasteiger partial charge in [0.05, 0.1) is 18.2 Å². The fraction of sp³-hybridized carbons (Fsp3) is 0.733. The van der Waals surface area contributed by atoms with Crippen molar-refractivity contribution in [1.29, 1.82) is 0 Å². The van der Waals surface area contributed by atoms with E-state index in [9.17, 15) is 4.79 Å². The van der Waals surface area contributed by atoms with Crippen LogP contribution in [0.1, 0.15) is 32.3 Å². The molecule has 1 aliphatic rings. The van der Waals surface area contributed by atoms with Crippen molar-refractivity contribution in [2.45, 2.75) is 39.3 Å². The van der Waals surface area contributed by atoms with Crippen LogP contribution in [-0.4, -0.2) is 40.3 Å². The van der Waals surface area contributed by atoms with Gasteiger partial charge in [0.25, 0.3) is 0 Å². The first-order valence-electron chi connectivity index (χ1n) is 7.33. The van der Waals surface area contributed by atoms with Crippen molar-refractivity contribution in [2.24, 2.45) is 18.9 Å². The molecule has 5 nitrogen and oxygen atoms in total. The Bertz CT molecular complexity index is 456. The van der Waals surface area contributed by atoms with E-state index in [1.807, 2.05) is 20.3 Å². The molecule has 0 N–H and O–H groups in total. The number of aromatic nitrogens is 2. The average molecular weight is 279 g/mol. The van der Waals surface area contributed by atoms with Crippen molar-refractivity contribution >= 4 is 5.91 Å². The number of hydrogen-bond donors (Lipinski definition) is 0. The Morgan fingerprint density at radius 1 is 1.60 bits per heavy atom. The molecule has 0 unspecified atom stereocenters. The van der Waals surface area contributed by atoms with Crippen molar-refractivity contribution in [3.8, 4) is 0 Å². The highest BCUT2D eigenvalue weighted by Gasteiger charge is 2.35. The van der Waals surface area contributed by atoms with Gasteiger partial charge in [-0.2, -0.15) is 5.10 Å². The molecule has 1 amide bonds. The minimum atomic E-state index is -0.00887. The van der Waals surface area contributed by atoms with E-state index in [0.717, 1.165) is 25.0 Å². The summed E-state index contributed by atoms with van der Waals surface area (Å²) in [5.41, 5.74) is 1.06. The maximum absolute atomic E-state index is 12.6. The predicted octanol–water partition coefficient (Wildman–Crippen LogP) is 1.83. The number of ether oxygens (including phenoxy) is 1. The van der Waals surface area contributed by atoms with Crippen LogP contribution in [0.15, 0.2) is 12.4 Å². The molecule has 2 atom stereocenters. The Balaban J connectivity index is 2.01. The van der Waals surface area contributed by atoms with Crippen LogP contribution in [0.3, 0.4) is 0 Å². The molecule has 1 fully saturated rings. The second kappa shape index (κ2) is 6.39. The lowest BCUT2D eigenvalue weighted by Crippen LogP contribution is -2.44. The van der Waals surface area contributed by atoms with Crippen LogP contribution < -0.4 is 0 Å². The predicted molar refractivity (Wildman–Crippen MR) is 77.0 cm³/mol. The van der Waals surface area contributed by atoms with E-state index in [0.29, 0.717) is 12.5 Å². The van der Waals surface area contributed by atoms with Crippen molar-refractivity contribution in [2.75, 3.05) is 13.7 Å². The second-order valence-electron chi connectivity index (χ2n) is 6.04. The summed E-state index contributed by atoms with van der Waals surface area (Å²) in [5.74, 6) is 0.550. The molecule has 0 aliphatic carbocycles. The van der Waals surface area contributed by atoms with Gasteiger partial charge in [-0.1, -0.05) is 13.8 Å². The van der Waals surface area contributed by atoms with Gasteiger partial charge in [0, 0.05) is 39.0 Å². The largest absolute Gasteiger partial charge is 0.377 e. The highest BCUT2D eigenvalue weighted by atomic mass is 16.5. The second-order valence-corrected chi connectivity index (χ2v) is 6.04. The van der Waals surface area contributed by atoms with E-state index in [1.54, 1.807) is 15.8 Å². The maximum Gasteiger partial charge on any atom is 0.228 e. The van der Waals surface area contributed by atoms with E-state index in [1.165, 1.54) is 0 Å². The van der Waals surface area contributed by atoms with Crippen LogP contribution in [0.2, 0.25) is 0 Å². The molecule has 2 heterocycles. The number of hydrogen-bond acceptors (Lipinski definition) is 3. The number of aryl methyl sites for hydroxylation is 1. The summed E-state index contributed by atoms with van der Waals surface area (Å²) < 4.78 is 7.57. The average Bonchev–Trinajstić information content (AvgIpc) is 2.83. The van der Waals surface area contributed by atoms with Gasteiger partial charge in [0.1, 0.15) is 0 Å². The molecule has 0 bridgehead atoms. The van der Waals surface area contributed by atoms with E-state index in [-0.39, 0.29) is 17.9 Å². The quantitative estimate of drug-likeness (QED) is 0.845. The zero-order chi connectivity index (χ0) is 14.7. The zero-order valence-electron chi connectivity index (χ0n) is 12.9. The standard InChI is InChI=1S/C15H25N3O2/c1-11(2)14-13(6-5-7-20-14)15(19)17(3)9-12-8-16-18(4)10-12/h8,10-11,13-14H,5-7,9H2,1-4H3/t13-,14-/m0/s1. The lowest BCUT2D eigenvalue weighted by atomic mass is 9.86. The highest BCUT2D eigenvalue weighted by Crippen LogP contribution is 2.28. The molecule has 1 aliphatic heterocycles. The first-order chi connectivity index (χ1) is 9.49. The van der Waals surface area contributed by atoms with Crippen molar-refractivity contribution in [1.82, 2.24) is 14.7 Å². The number of rotatable bonds is 4. The summed E-state index contributed by atoms with van der Waals surface area (Å²) in [5, 5.41) is 4.14. The lowest BCUT2D eigenvalue weighted by Gasteiger charge is -2.35. The summed E-state index contributed by atoms with van der Waals surface area (Å²) in [6, 6.07) is 0. The van der Waals surface area contributed by atoms with Gasteiger partial charge in [-0.3, -0.25) is 9.48 Å². The van der Waals surface area contributed by atoms with Crippen LogP contribution >= 0.6 is 0 Å². The molecule has 2 rings (SSSR count). The summed E-state index contributed by atoms with van der Waals surface area (Å²) in [7, 11) is 3.75. The van der Waals surface area contributed by atoms with Crippen LogP contribution in [0.4, 0.5) is 0 Å². The SMILES string of the molecule is CC(C)[C@@H]1OCCC[C@@H]1C(=O)N(C)Cc1cnn(C)c1. The van der Waals surface area contributed by atoms with Gasteiger partial charge < -0.3 is 9.64 Å². The molecule has 20 heavy (non-hydrogen) atoms. The molecular formula is C15H25N3O2. The van der Waals surface area contributed by atoms with Crippen molar-refractivity contribution in [3.63, 3.8) is 0 Å². The highest BCUT2D eigenvalue weighted by molar-refractivity contribution is 5.79. The van der Waals surface area contributed by atoms with E-state index in [4.69, 9.17) is 4.74 Å². The van der Waals surface area contributed by atoms with Crippen molar-refractivity contribution in [3.05, 3.63) is 18.0 Å². The molecule has 0 radical (unpaired) electrons. The van der Waals surface area contributed by atoms with Gasteiger partial charge >= 0.3 is 0 Å². The molecule has 1 aromatic rings. The third-order valence-corrected chi connectivity index (χ3v) is 3.89. The van der Waals surface area contributed by atoms with Crippen LogP contribution in [0, 0.1) is 11.8 Å². The fourth-order valence-corrected chi connectivity index (χ4v) is 2.91. The molecule has 1 aromatic heterocycles. The number of carbonyl (C=O) groups excluding carboxylic acids is 1. The topological polar surface area (TPSA) is 47.4 Å². The lowest BCUT2D eigenvalue weighted by molar-refractivity contribution is -0.147. The Labute approximate surface area is 120 Å². The number of amides is 1. The van der Waals surface area contributed by atoms with Gasteiger partial charge in [0.15, 0.2) is 0 Å². The van der Waals surface area contributed by atoms with Crippen LogP contribution in [0.25, 0.3) is 0 Å². The smallest absolute Gasteiger partial charge is 0.228 e. The minimum Gasteiger partial charge on any atom is -0.377 e. The third kappa shape index (κ3) is 3.39. The molecule has 5 heteroatoms. The zero-order valence-corrected chi connectivity index (χ0v) is 12.9. The Kier molecular flexibility index (Phi) is 4.81. The molecule has 0 aromatic carbocycles. The third-order valence-electron chi connectivity index (χ3n) is 3.89. The Morgan fingerprint density at radius 2 is 2.35 bits per heavy atom. The van der Waals surface area contributed by atoms with E-state index in [2.05, 4.69) is 18.9 Å². The number of nitrogens with zero attached hydrogens (tertiary/aromatic N) is 3. The summed E-state index contributed by atoms with van der Waals surface area (Å²) in [6.07, 6.45) is 5.70. The molecule has 0 saturated carbocycles. The van der Waals surface area contributed by atoms with E-state index >= 15 is 0 Å². The van der Waals surface area contributed by atoms with Gasteiger partial charge in [-0.05, 0) is 18.8 Å². The first-order valence-corrected chi connectivity index (χ1v) is 7.33. The van der Waals surface area contributed by atoms with Gasteiger partial charge in [-0.15, -0.1) is 0 Å². The van der Waals surface area contributed by atoms with Crippen LogP contribution in [-0.2, 0) is 23.1 Å². The van der Waals surface area contributed by atoms with Gasteiger partial charge in [0.2, 0.25) is 5.91 Å². The van der Waals surface area contributed by atoms with E-state index < -0.39 is 0 Å². The van der Waals surface area contributed by atoms with Crippen molar-refractivity contribution < 1.29 is 9.53 Å².